The van der Waals surface area contributed by atoms with Gasteiger partial charge in [-0.25, -0.2) is 0 Å². The van der Waals surface area contributed by atoms with Crippen LogP contribution in [0.15, 0.2) is 48.5 Å². The van der Waals surface area contributed by atoms with E-state index >= 15 is 0 Å². The summed E-state index contributed by atoms with van der Waals surface area (Å²) in [5, 5.41) is 5.47. The molecule has 0 fully saturated rings. The number of rotatable bonds is 3. The Kier molecular flexibility index (Phi) is 3.96. The zero-order valence-electron chi connectivity index (χ0n) is 9.99. The second-order valence-electron chi connectivity index (χ2n) is 4.17. The van der Waals surface area contributed by atoms with E-state index in [0.717, 1.165) is 22.6 Å². The van der Waals surface area contributed by atoms with Gasteiger partial charge in [-0.15, -0.1) is 11.3 Å². The summed E-state index contributed by atoms with van der Waals surface area (Å²) in [5.41, 5.74) is 1.15. The quantitative estimate of drug-likeness (QED) is 0.551. The highest BCUT2D eigenvalue weighted by molar-refractivity contribution is 14.1. The summed E-state index contributed by atoms with van der Waals surface area (Å²) in [6.07, 6.45) is 0. The Morgan fingerprint density at radius 3 is 2.58 bits per heavy atom. The molecule has 0 amide bonds. The van der Waals surface area contributed by atoms with Gasteiger partial charge in [-0.05, 0) is 40.8 Å². The van der Waals surface area contributed by atoms with Crippen LogP contribution in [0, 0.1) is 3.57 Å². The van der Waals surface area contributed by atoms with Crippen molar-refractivity contribution in [2.75, 3.05) is 5.32 Å². The van der Waals surface area contributed by atoms with Crippen LogP contribution in [-0.2, 0) is 6.54 Å². The van der Waals surface area contributed by atoms with Gasteiger partial charge in [-0.2, -0.15) is 0 Å². The zero-order chi connectivity index (χ0) is 13.2. The molecule has 1 heterocycles. The van der Waals surface area contributed by atoms with Crippen molar-refractivity contribution in [1.29, 1.82) is 0 Å². The Bertz CT molecular complexity index is 723. The van der Waals surface area contributed by atoms with Crippen LogP contribution in [0.25, 0.3) is 10.1 Å². The third-order valence-corrected chi connectivity index (χ3v) is 5.57. The Balaban J connectivity index is 1.86. The molecule has 0 saturated heterocycles. The predicted molar refractivity (Wildman–Crippen MR) is 93.3 cm³/mol. The molecule has 3 rings (SSSR count). The van der Waals surface area contributed by atoms with Gasteiger partial charge in [0.05, 0.1) is 11.6 Å². The van der Waals surface area contributed by atoms with Crippen LogP contribution in [0.4, 0.5) is 5.69 Å². The normalized spacial score (nSPS) is 10.8. The van der Waals surface area contributed by atoms with Gasteiger partial charge in [0.2, 0.25) is 0 Å². The van der Waals surface area contributed by atoms with Crippen molar-refractivity contribution in [2.45, 2.75) is 6.54 Å². The van der Waals surface area contributed by atoms with Gasteiger partial charge in [-0.3, -0.25) is 0 Å². The lowest BCUT2D eigenvalue weighted by atomic mass is 10.2. The fourth-order valence-corrected chi connectivity index (χ4v) is 3.98. The standard InChI is InChI=1S/C15H11ClINS/c16-15-10-5-1-4-8-13(10)19-14(15)9-18-12-7-3-2-6-11(12)17/h1-8,18H,9H2. The van der Waals surface area contributed by atoms with E-state index in [2.05, 4.69) is 52.2 Å². The van der Waals surface area contributed by atoms with Gasteiger partial charge in [0.15, 0.2) is 0 Å². The minimum atomic E-state index is 0.762. The second-order valence-corrected chi connectivity index (χ2v) is 6.85. The Labute approximate surface area is 134 Å². The average Bonchev–Trinajstić information content (AvgIpc) is 2.75. The van der Waals surface area contributed by atoms with Crippen LogP contribution in [0.5, 0.6) is 0 Å². The first-order valence-electron chi connectivity index (χ1n) is 5.90. The molecule has 2 aromatic carbocycles. The van der Waals surface area contributed by atoms with E-state index in [4.69, 9.17) is 11.6 Å². The maximum absolute atomic E-state index is 6.43. The molecule has 3 aromatic rings. The Morgan fingerprint density at radius 2 is 1.79 bits per heavy atom. The first kappa shape index (κ1) is 13.2. The number of hydrogen-bond donors (Lipinski definition) is 1. The van der Waals surface area contributed by atoms with Crippen molar-refractivity contribution in [1.82, 2.24) is 0 Å². The van der Waals surface area contributed by atoms with E-state index in [9.17, 15) is 0 Å². The summed E-state index contributed by atoms with van der Waals surface area (Å²) in [4.78, 5) is 1.18. The van der Waals surface area contributed by atoms with Gasteiger partial charge in [0, 0.05) is 24.2 Å². The van der Waals surface area contributed by atoms with Crippen molar-refractivity contribution in [2.24, 2.45) is 0 Å². The Hall–Kier alpha value is -0.780. The topological polar surface area (TPSA) is 12.0 Å². The smallest absolute Gasteiger partial charge is 0.0642 e. The third kappa shape index (κ3) is 2.73. The summed E-state index contributed by atoms with van der Waals surface area (Å²) in [6, 6.07) is 16.5. The summed E-state index contributed by atoms with van der Waals surface area (Å²) >= 11 is 10.5. The first-order chi connectivity index (χ1) is 9.25. The summed E-state index contributed by atoms with van der Waals surface area (Å²) in [5.74, 6) is 0. The number of halogens is 2. The van der Waals surface area contributed by atoms with Crippen LogP contribution < -0.4 is 5.32 Å². The van der Waals surface area contributed by atoms with E-state index in [-0.39, 0.29) is 0 Å². The van der Waals surface area contributed by atoms with Gasteiger partial charge < -0.3 is 5.32 Å². The van der Waals surface area contributed by atoms with Gasteiger partial charge in [-0.1, -0.05) is 41.9 Å². The summed E-state index contributed by atoms with van der Waals surface area (Å²) in [7, 11) is 0. The number of para-hydroxylation sites is 1. The molecule has 0 spiro atoms. The summed E-state index contributed by atoms with van der Waals surface area (Å²) in [6.45, 7) is 0.762. The molecule has 1 N–H and O–H groups in total. The molecular formula is C15H11ClINS. The van der Waals surface area contributed by atoms with E-state index in [1.807, 2.05) is 24.3 Å². The van der Waals surface area contributed by atoms with E-state index in [1.54, 1.807) is 11.3 Å². The fraction of sp³-hybridized carbons (Fsp3) is 0.0667. The largest absolute Gasteiger partial charge is 0.379 e. The molecule has 0 aliphatic carbocycles. The monoisotopic (exact) mass is 399 g/mol. The Morgan fingerprint density at radius 1 is 1.05 bits per heavy atom. The molecule has 0 atom stereocenters. The molecule has 0 aliphatic heterocycles. The van der Waals surface area contributed by atoms with Crippen molar-refractivity contribution >= 4 is 61.3 Å². The zero-order valence-corrected chi connectivity index (χ0v) is 13.7. The van der Waals surface area contributed by atoms with Crippen LogP contribution in [-0.4, -0.2) is 0 Å². The van der Waals surface area contributed by atoms with Crippen molar-refractivity contribution in [3.8, 4) is 0 Å². The molecule has 4 heteroatoms. The maximum atomic E-state index is 6.43. The lowest BCUT2D eigenvalue weighted by molar-refractivity contribution is 1.19. The third-order valence-electron chi connectivity index (χ3n) is 2.91. The van der Waals surface area contributed by atoms with Gasteiger partial charge in [0.25, 0.3) is 0 Å². The molecule has 0 bridgehead atoms. The number of fused-ring (bicyclic) bond motifs is 1. The van der Waals surface area contributed by atoms with E-state index < -0.39 is 0 Å². The molecule has 1 aromatic heterocycles. The minimum absolute atomic E-state index is 0.762. The highest BCUT2D eigenvalue weighted by atomic mass is 127. The van der Waals surface area contributed by atoms with Gasteiger partial charge in [0.1, 0.15) is 0 Å². The number of thiophene rings is 1. The van der Waals surface area contributed by atoms with Crippen LogP contribution >= 0.6 is 45.5 Å². The molecule has 0 unspecified atom stereocenters. The van der Waals surface area contributed by atoms with Crippen molar-refractivity contribution in [3.63, 3.8) is 0 Å². The minimum Gasteiger partial charge on any atom is -0.379 e. The lowest BCUT2D eigenvalue weighted by Gasteiger charge is -2.07. The molecule has 19 heavy (non-hydrogen) atoms. The molecular weight excluding hydrogens is 389 g/mol. The lowest BCUT2D eigenvalue weighted by Crippen LogP contribution is -1.99. The second kappa shape index (κ2) is 5.69. The SMILES string of the molecule is Clc1c(CNc2ccccc2I)sc2ccccc12. The average molecular weight is 400 g/mol. The number of benzene rings is 2. The summed E-state index contributed by atoms with van der Waals surface area (Å²) < 4.78 is 2.46. The molecule has 0 saturated carbocycles. The molecule has 96 valence electrons. The van der Waals surface area contributed by atoms with Crippen LogP contribution in [0.3, 0.4) is 0 Å². The van der Waals surface area contributed by atoms with Crippen molar-refractivity contribution < 1.29 is 0 Å². The van der Waals surface area contributed by atoms with Crippen molar-refractivity contribution in [3.05, 3.63) is 62.0 Å². The predicted octanol–water partition coefficient (Wildman–Crippen LogP) is 5.77. The van der Waals surface area contributed by atoms with Crippen LogP contribution in [0.1, 0.15) is 4.88 Å². The number of anilines is 1. The number of hydrogen-bond acceptors (Lipinski definition) is 2. The van der Waals surface area contributed by atoms with Gasteiger partial charge >= 0.3 is 0 Å². The molecule has 0 radical (unpaired) electrons. The molecule has 1 nitrogen and oxygen atoms in total. The fourth-order valence-electron chi connectivity index (χ4n) is 1.96. The highest BCUT2D eigenvalue weighted by Crippen LogP contribution is 2.35. The van der Waals surface area contributed by atoms with E-state index in [1.165, 1.54) is 13.1 Å². The van der Waals surface area contributed by atoms with Crippen LogP contribution in [0.2, 0.25) is 5.02 Å². The maximum Gasteiger partial charge on any atom is 0.0642 e. The number of nitrogens with one attached hydrogen (secondary N) is 1. The molecule has 0 aliphatic rings. The van der Waals surface area contributed by atoms with E-state index in [0.29, 0.717) is 0 Å². The highest BCUT2D eigenvalue weighted by Gasteiger charge is 2.09. The first-order valence-corrected chi connectivity index (χ1v) is 8.17.